The average molecular weight is 187 g/mol. The van der Waals surface area contributed by atoms with Crippen molar-refractivity contribution in [3.8, 4) is 0 Å². The van der Waals surface area contributed by atoms with Crippen LogP contribution in [-0.2, 0) is 0 Å². The minimum absolute atomic E-state index is 0.507. The molecule has 0 aromatic carbocycles. The van der Waals surface area contributed by atoms with Crippen LogP contribution in [0.1, 0.15) is 11.8 Å². The summed E-state index contributed by atoms with van der Waals surface area (Å²) in [5.41, 5.74) is 0.730. The summed E-state index contributed by atoms with van der Waals surface area (Å²) in [6.45, 7) is 0.586. The fourth-order valence-electron chi connectivity index (χ4n) is 0.970. The third-order valence-corrected chi connectivity index (χ3v) is 1.73. The van der Waals surface area contributed by atoms with Gasteiger partial charge in [-0.1, -0.05) is 0 Å². The van der Waals surface area contributed by atoms with Gasteiger partial charge in [0.15, 0.2) is 4.77 Å². The smallest absolute Gasteiger partial charge is 0.174 e. The topological polar surface area (TPSA) is 55.0 Å². The highest BCUT2D eigenvalue weighted by Crippen LogP contribution is 2.08. The van der Waals surface area contributed by atoms with Crippen LogP contribution in [0.5, 0.6) is 0 Å². The molecule has 68 valence electrons. The lowest BCUT2D eigenvalue weighted by atomic mass is 10.3. The van der Waals surface area contributed by atoms with Gasteiger partial charge in [-0.2, -0.15) is 0 Å². The number of likely N-dealkylation sites (N-methyl/N-ethyl adjacent to an activating group) is 1. The lowest BCUT2D eigenvalue weighted by Gasteiger charge is -2.13. The minimum Gasteiger partial charge on any atom is -0.385 e. The zero-order valence-electron chi connectivity index (χ0n) is 7.16. The Morgan fingerprint density at radius 3 is 2.75 bits per heavy atom. The predicted octanol–water partition coefficient (Wildman–Crippen LogP) is 0.667. The molecule has 1 heterocycles. The Morgan fingerprint density at radius 2 is 2.33 bits per heavy atom. The molecule has 0 aliphatic carbocycles. The zero-order valence-corrected chi connectivity index (χ0v) is 7.98. The largest absolute Gasteiger partial charge is 0.385 e. The van der Waals surface area contributed by atoms with Gasteiger partial charge < -0.3 is 20.0 Å². The summed E-state index contributed by atoms with van der Waals surface area (Å²) in [6, 6.07) is 0. The van der Waals surface area contributed by atoms with Crippen molar-refractivity contribution in [2.45, 2.75) is 6.10 Å². The van der Waals surface area contributed by atoms with Crippen LogP contribution in [0, 0.1) is 4.77 Å². The highest BCUT2D eigenvalue weighted by atomic mass is 32.1. The standard InChI is InChI=1S/C7H13N3OS/c1-10(2)4-6(11)5-3-8-7(12)9-5/h3,6,11H,4H2,1-2H3,(H2,8,9,12). The first kappa shape index (κ1) is 9.44. The molecule has 12 heavy (non-hydrogen) atoms. The fourth-order valence-corrected chi connectivity index (χ4v) is 1.15. The van der Waals surface area contributed by atoms with Crippen LogP contribution < -0.4 is 0 Å². The molecule has 0 bridgehead atoms. The molecule has 1 rings (SSSR count). The van der Waals surface area contributed by atoms with Gasteiger partial charge >= 0.3 is 0 Å². The molecule has 0 saturated carbocycles. The van der Waals surface area contributed by atoms with Gasteiger partial charge in [-0.3, -0.25) is 0 Å². The van der Waals surface area contributed by atoms with Crippen LogP contribution in [0.4, 0.5) is 0 Å². The van der Waals surface area contributed by atoms with Crippen LogP contribution >= 0.6 is 12.2 Å². The predicted molar refractivity (Wildman–Crippen MR) is 49.5 cm³/mol. The summed E-state index contributed by atoms with van der Waals surface area (Å²) in [7, 11) is 3.81. The normalized spacial score (nSPS) is 13.7. The zero-order chi connectivity index (χ0) is 9.14. The molecule has 0 spiro atoms. The molecule has 5 heteroatoms. The van der Waals surface area contributed by atoms with E-state index in [2.05, 4.69) is 9.97 Å². The van der Waals surface area contributed by atoms with E-state index < -0.39 is 6.10 Å². The molecule has 1 atom stereocenters. The first-order chi connectivity index (χ1) is 5.59. The summed E-state index contributed by atoms with van der Waals surface area (Å²) in [5.74, 6) is 0. The maximum Gasteiger partial charge on any atom is 0.174 e. The molecule has 0 radical (unpaired) electrons. The van der Waals surface area contributed by atoms with E-state index in [1.54, 1.807) is 6.20 Å². The van der Waals surface area contributed by atoms with Gasteiger partial charge in [-0.15, -0.1) is 0 Å². The molecular formula is C7H13N3OS. The number of nitrogens with zero attached hydrogens (tertiary/aromatic N) is 1. The molecular weight excluding hydrogens is 174 g/mol. The van der Waals surface area contributed by atoms with Gasteiger partial charge in [0.25, 0.3) is 0 Å². The van der Waals surface area contributed by atoms with Crippen LogP contribution in [0.25, 0.3) is 0 Å². The second-order valence-electron chi connectivity index (χ2n) is 2.98. The Balaban J connectivity index is 2.65. The summed E-state index contributed by atoms with van der Waals surface area (Å²) in [4.78, 5) is 7.58. The maximum atomic E-state index is 9.57. The molecule has 0 aliphatic heterocycles. The Hall–Kier alpha value is -0.650. The summed E-state index contributed by atoms with van der Waals surface area (Å²) in [5, 5.41) is 9.57. The molecule has 1 unspecified atom stereocenters. The molecule has 1 aromatic rings. The molecule has 3 N–H and O–H groups in total. The number of imidazole rings is 1. The van der Waals surface area contributed by atoms with Crippen LogP contribution in [0.3, 0.4) is 0 Å². The number of nitrogens with one attached hydrogen (secondary N) is 2. The van der Waals surface area contributed by atoms with E-state index in [4.69, 9.17) is 12.2 Å². The quantitative estimate of drug-likeness (QED) is 0.609. The fraction of sp³-hybridized carbons (Fsp3) is 0.571. The number of aromatic amines is 2. The van der Waals surface area contributed by atoms with E-state index in [1.807, 2.05) is 19.0 Å². The highest BCUT2D eigenvalue weighted by molar-refractivity contribution is 7.71. The number of H-pyrrole nitrogens is 2. The second-order valence-corrected chi connectivity index (χ2v) is 3.38. The average Bonchev–Trinajstić information content (AvgIpc) is 2.34. The molecule has 0 fully saturated rings. The number of aliphatic hydroxyl groups is 1. The van der Waals surface area contributed by atoms with Gasteiger partial charge in [0, 0.05) is 12.7 Å². The highest BCUT2D eigenvalue weighted by Gasteiger charge is 2.08. The number of hydrogen-bond donors (Lipinski definition) is 3. The van der Waals surface area contributed by atoms with Gasteiger partial charge in [0.05, 0.1) is 5.69 Å². The summed E-state index contributed by atoms with van der Waals surface area (Å²) < 4.78 is 0.544. The number of hydrogen-bond acceptors (Lipinski definition) is 3. The molecule has 0 saturated heterocycles. The summed E-state index contributed by atoms with van der Waals surface area (Å²) in [6.07, 6.45) is 1.18. The van der Waals surface area contributed by atoms with Crippen molar-refractivity contribution in [3.05, 3.63) is 16.7 Å². The third-order valence-electron chi connectivity index (χ3n) is 1.51. The first-order valence-electron chi connectivity index (χ1n) is 3.70. The number of aliphatic hydroxyl groups excluding tert-OH is 1. The van der Waals surface area contributed by atoms with Crippen LogP contribution in [0.15, 0.2) is 6.20 Å². The van der Waals surface area contributed by atoms with Crippen molar-refractivity contribution in [2.24, 2.45) is 0 Å². The van der Waals surface area contributed by atoms with E-state index in [0.29, 0.717) is 11.3 Å². The van der Waals surface area contributed by atoms with E-state index in [1.165, 1.54) is 0 Å². The SMILES string of the molecule is CN(C)CC(O)c1c[nH]c(=S)[nH]1. The van der Waals surface area contributed by atoms with E-state index >= 15 is 0 Å². The van der Waals surface area contributed by atoms with Gasteiger partial charge in [0.1, 0.15) is 6.10 Å². The lowest BCUT2D eigenvalue weighted by Crippen LogP contribution is -2.20. The van der Waals surface area contributed by atoms with Gasteiger partial charge in [-0.25, -0.2) is 0 Å². The molecule has 1 aromatic heterocycles. The van der Waals surface area contributed by atoms with Gasteiger partial charge in [0.2, 0.25) is 0 Å². The van der Waals surface area contributed by atoms with Crippen molar-refractivity contribution in [1.82, 2.24) is 14.9 Å². The molecule has 0 amide bonds. The van der Waals surface area contributed by atoms with E-state index in [0.717, 1.165) is 5.69 Å². The Labute approximate surface area is 76.2 Å². The summed E-state index contributed by atoms with van der Waals surface area (Å²) >= 11 is 4.83. The van der Waals surface area contributed by atoms with Gasteiger partial charge in [-0.05, 0) is 26.3 Å². The lowest BCUT2D eigenvalue weighted by molar-refractivity contribution is 0.135. The van der Waals surface area contributed by atoms with Crippen molar-refractivity contribution < 1.29 is 5.11 Å². The van der Waals surface area contributed by atoms with E-state index in [9.17, 15) is 5.11 Å². The van der Waals surface area contributed by atoms with Crippen LogP contribution in [-0.4, -0.2) is 40.6 Å². The minimum atomic E-state index is -0.507. The van der Waals surface area contributed by atoms with Crippen LogP contribution in [0.2, 0.25) is 0 Å². The Bertz CT molecular complexity index is 291. The van der Waals surface area contributed by atoms with Crippen molar-refractivity contribution in [1.29, 1.82) is 0 Å². The monoisotopic (exact) mass is 187 g/mol. The van der Waals surface area contributed by atoms with Crippen molar-refractivity contribution in [3.63, 3.8) is 0 Å². The number of rotatable bonds is 3. The Morgan fingerprint density at radius 1 is 1.67 bits per heavy atom. The third kappa shape index (κ3) is 2.44. The maximum absolute atomic E-state index is 9.57. The van der Waals surface area contributed by atoms with E-state index in [-0.39, 0.29) is 0 Å². The van der Waals surface area contributed by atoms with Crippen molar-refractivity contribution >= 4 is 12.2 Å². The second kappa shape index (κ2) is 3.84. The molecule has 4 nitrogen and oxygen atoms in total. The number of aromatic nitrogens is 2. The molecule has 0 aliphatic rings. The first-order valence-corrected chi connectivity index (χ1v) is 4.11. The Kier molecular flexibility index (Phi) is 3.02. The van der Waals surface area contributed by atoms with Crippen molar-refractivity contribution in [2.75, 3.05) is 20.6 Å².